The minimum atomic E-state index is -0.647. The quantitative estimate of drug-likeness (QED) is 0.372. The van der Waals surface area contributed by atoms with Crippen molar-refractivity contribution in [3.8, 4) is 0 Å². The lowest BCUT2D eigenvalue weighted by Gasteiger charge is -2.15. The van der Waals surface area contributed by atoms with E-state index in [0.29, 0.717) is 12.8 Å². The molecular weight excluding hydrogens is 146 g/mol. The molecule has 0 aromatic carbocycles. The van der Waals surface area contributed by atoms with Crippen molar-refractivity contribution in [3.63, 3.8) is 0 Å². The number of aliphatic hydroxyl groups is 3. The standard InChI is InChI=1S/C7H17NO3/c8-6(5-10)7(11)3-1-2-4-9/h6-7,9-11H,1-5,8H2. The van der Waals surface area contributed by atoms with Gasteiger partial charge in [0.1, 0.15) is 0 Å². The lowest BCUT2D eigenvalue weighted by atomic mass is 10.1. The van der Waals surface area contributed by atoms with Crippen LogP contribution in [0.4, 0.5) is 0 Å². The Balaban J connectivity index is 3.28. The lowest BCUT2D eigenvalue weighted by molar-refractivity contribution is 0.0976. The molecule has 5 N–H and O–H groups in total. The van der Waals surface area contributed by atoms with Gasteiger partial charge in [0.25, 0.3) is 0 Å². The molecule has 11 heavy (non-hydrogen) atoms. The highest BCUT2D eigenvalue weighted by Gasteiger charge is 2.12. The maximum Gasteiger partial charge on any atom is 0.0713 e. The molecule has 0 saturated carbocycles. The van der Waals surface area contributed by atoms with Crippen LogP contribution in [-0.2, 0) is 0 Å². The van der Waals surface area contributed by atoms with Gasteiger partial charge in [0, 0.05) is 6.61 Å². The monoisotopic (exact) mass is 163 g/mol. The predicted molar refractivity (Wildman–Crippen MR) is 42.0 cm³/mol. The zero-order valence-corrected chi connectivity index (χ0v) is 6.61. The van der Waals surface area contributed by atoms with Crippen molar-refractivity contribution in [1.29, 1.82) is 0 Å². The summed E-state index contributed by atoms with van der Waals surface area (Å²) in [7, 11) is 0. The third-order valence-corrected chi connectivity index (χ3v) is 1.61. The molecule has 0 rings (SSSR count). The number of nitrogens with two attached hydrogens (primary N) is 1. The second-order valence-electron chi connectivity index (χ2n) is 2.63. The number of unbranched alkanes of at least 4 members (excludes halogenated alkanes) is 1. The van der Waals surface area contributed by atoms with Gasteiger partial charge in [-0.3, -0.25) is 0 Å². The fourth-order valence-electron chi connectivity index (χ4n) is 0.801. The van der Waals surface area contributed by atoms with Crippen LogP contribution in [0.25, 0.3) is 0 Å². The van der Waals surface area contributed by atoms with Gasteiger partial charge in [-0.05, 0) is 19.3 Å². The van der Waals surface area contributed by atoms with E-state index < -0.39 is 12.1 Å². The Kier molecular flexibility index (Phi) is 6.45. The first kappa shape index (κ1) is 10.8. The van der Waals surface area contributed by atoms with Gasteiger partial charge < -0.3 is 21.1 Å². The van der Waals surface area contributed by atoms with Gasteiger partial charge in [0.05, 0.1) is 18.8 Å². The van der Waals surface area contributed by atoms with E-state index in [9.17, 15) is 5.11 Å². The van der Waals surface area contributed by atoms with Gasteiger partial charge in [-0.25, -0.2) is 0 Å². The Morgan fingerprint density at radius 2 is 1.82 bits per heavy atom. The molecule has 2 unspecified atom stereocenters. The van der Waals surface area contributed by atoms with Crippen molar-refractivity contribution >= 4 is 0 Å². The van der Waals surface area contributed by atoms with E-state index in [4.69, 9.17) is 15.9 Å². The van der Waals surface area contributed by atoms with Crippen LogP contribution in [0.3, 0.4) is 0 Å². The summed E-state index contributed by atoms with van der Waals surface area (Å²) < 4.78 is 0. The molecule has 0 aromatic rings. The van der Waals surface area contributed by atoms with E-state index in [0.717, 1.165) is 6.42 Å². The molecule has 68 valence electrons. The third kappa shape index (κ3) is 5.15. The molecule has 0 aliphatic heterocycles. The van der Waals surface area contributed by atoms with Crippen molar-refractivity contribution in [2.75, 3.05) is 13.2 Å². The smallest absolute Gasteiger partial charge is 0.0713 e. The Hall–Kier alpha value is -0.160. The summed E-state index contributed by atoms with van der Waals surface area (Å²) in [6.07, 6.45) is 1.31. The van der Waals surface area contributed by atoms with Crippen molar-refractivity contribution in [1.82, 2.24) is 0 Å². The molecule has 0 aromatic heterocycles. The summed E-state index contributed by atoms with van der Waals surface area (Å²) in [6.45, 7) is -0.0542. The molecule has 0 saturated heterocycles. The first-order valence-corrected chi connectivity index (χ1v) is 3.87. The first-order chi connectivity index (χ1) is 5.22. The molecule has 0 bridgehead atoms. The van der Waals surface area contributed by atoms with Gasteiger partial charge in [0.15, 0.2) is 0 Å². The maximum absolute atomic E-state index is 9.18. The average molecular weight is 163 g/mol. The maximum atomic E-state index is 9.18. The Morgan fingerprint density at radius 3 is 2.27 bits per heavy atom. The van der Waals surface area contributed by atoms with Crippen LogP contribution in [0.5, 0.6) is 0 Å². The molecule has 4 nitrogen and oxygen atoms in total. The lowest BCUT2D eigenvalue weighted by Crippen LogP contribution is -2.37. The van der Waals surface area contributed by atoms with E-state index >= 15 is 0 Å². The molecule has 2 atom stereocenters. The van der Waals surface area contributed by atoms with Crippen molar-refractivity contribution < 1.29 is 15.3 Å². The van der Waals surface area contributed by atoms with Crippen LogP contribution in [-0.4, -0.2) is 40.7 Å². The molecule has 0 amide bonds. The fraction of sp³-hybridized carbons (Fsp3) is 1.00. The molecule has 0 spiro atoms. The van der Waals surface area contributed by atoms with Crippen LogP contribution in [0.15, 0.2) is 0 Å². The van der Waals surface area contributed by atoms with Crippen LogP contribution in [0.2, 0.25) is 0 Å². The predicted octanol–water partition coefficient (Wildman–Crippen LogP) is -1.17. The summed E-state index contributed by atoms with van der Waals surface area (Å²) in [5.74, 6) is 0. The van der Waals surface area contributed by atoms with E-state index in [-0.39, 0.29) is 13.2 Å². The first-order valence-electron chi connectivity index (χ1n) is 3.87. The fourth-order valence-corrected chi connectivity index (χ4v) is 0.801. The Bertz CT molecular complexity index is 89.8. The minimum Gasteiger partial charge on any atom is -0.396 e. The molecule has 0 fully saturated rings. The molecule has 0 aliphatic carbocycles. The van der Waals surface area contributed by atoms with Gasteiger partial charge in [-0.15, -0.1) is 0 Å². The third-order valence-electron chi connectivity index (χ3n) is 1.61. The van der Waals surface area contributed by atoms with Crippen LogP contribution >= 0.6 is 0 Å². The van der Waals surface area contributed by atoms with E-state index in [1.54, 1.807) is 0 Å². The highest BCUT2D eigenvalue weighted by Crippen LogP contribution is 2.02. The summed E-state index contributed by atoms with van der Waals surface area (Å²) in [5, 5.41) is 26.1. The largest absolute Gasteiger partial charge is 0.396 e. The summed E-state index contributed by atoms with van der Waals surface area (Å²) in [6, 6.07) is -0.548. The normalized spacial score (nSPS) is 16.4. The number of aliphatic hydroxyl groups excluding tert-OH is 3. The average Bonchev–Trinajstić information content (AvgIpc) is 2.03. The zero-order valence-electron chi connectivity index (χ0n) is 6.61. The summed E-state index contributed by atoms with van der Waals surface area (Å²) >= 11 is 0. The minimum absolute atomic E-state index is 0.140. The summed E-state index contributed by atoms with van der Waals surface area (Å²) in [4.78, 5) is 0. The molecule has 0 radical (unpaired) electrons. The van der Waals surface area contributed by atoms with E-state index in [1.807, 2.05) is 0 Å². The molecule has 0 aliphatic rings. The molecular formula is C7H17NO3. The van der Waals surface area contributed by atoms with Crippen LogP contribution in [0, 0.1) is 0 Å². The molecule has 0 heterocycles. The van der Waals surface area contributed by atoms with Crippen LogP contribution < -0.4 is 5.73 Å². The van der Waals surface area contributed by atoms with Crippen molar-refractivity contribution in [2.45, 2.75) is 31.4 Å². The Labute approximate surface area is 66.7 Å². The van der Waals surface area contributed by atoms with Gasteiger partial charge in [-0.1, -0.05) is 0 Å². The second-order valence-corrected chi connectivity index (χ2v) is 2.63. The summed E-state index contributed by atoms with van der Waals surface area (Å²) in [5.41, 5.74) is 5.34. The van der Waals surface area contributed by atoms with Crippen molar-refractivity contribution in [3.05, 3.63) is 0 Å². The second kappa shape index (κ2) is 6.54. The van der Waals surface area contributed by atoms with Crippen LogP contribution in [0.1, 0.15) is 19.3 Å². The SMILES string of the molecule is NC(CO)C(O)CCCCO. The number of hydrogen-bond acceptors (Lipinski definition) is 4. The van der Waals surface area contributed by atoms with Gasteiger partial charge >= 0.3 is 0 Å². The zero-order chi connectivity index (χ0) is 8.69. The number of hydrogen-bond donors (Lipinski definition) is 4. The number of rotatable bonds is 6. The molecule has 4 heteroatoms. The highest BCUT2D eigenvalue weighted by molar-refractivity contribution is 4.69. The topological polar surface area (TPSA) is 86.7 Å². The van der Waals surface area contributed by atoms with Gasteiger partial charge in [-0.2, -0.15) is 0 Å². The van der Waals surface area contributed by atoms with E-state index in [1.165, 1.54) is 0 Å². The highest BCUT2D eigenvalue weighted by atomic mass is 16.3. The van der Waals surface area contributed by atoms with E-state index in [2.05, 4.69) is 0 Å². The Morgan fingerprint density at radius 1 is 1.18 bits per heavy atom. The van der Waals surface area contributed by atoms with Crippen molar-refractivity contribution in [2.24, 2.45) is 5.73 Å². The van der Waals surface area contributed by atoms with Gasteiger partial charge in [0.2, 0.25) is 0 Å².